The third-order valence-corrected chi connectivity index (χ3v) is 3.61. The van der Waals surface area contributed by atoms with Gasteiger partial charge >= 0.3 is 0 Å². The first-order chi connectivity index (χ1) is 7.16. The summed E-state index contributed by atoms with van der Waals surface area (Å²) in [7, 11) is 0. The minimum absolute atomic E-state index is 0. The van der Waals surface area contributed by atoms with Crippen LogP contribution in [0.2, 0.25) is 10.0 Å². The van der Waals surface area contributed by atoms with E-state index >= 15 is 0 Å². The lowest BCUT2D eigenvalue weighted by molar-refractivity contribution is 0.445. The molecule has 0 unspecified atom stereocenters. The summed E-state index contributed by atoms with van der Waals surface area (Å²) >= 11 is 11.9. The number of hydrogen-bond acceptors (Lipinski definition) is 1. The van der Waals surface area contributed by atoms with E-state index < -0.39 is 0 Å². The molecule has 16 heavy (non-hydrogen) atoms. The summed E-state index contributed by atoms with van der Waals surface area (Å²) in [5.74, 6) is 0.597. The zero-order valence-corrected chi connectivity index (χ0v) is 11.3. The van der Waals surface area contributed by atoms with Crippen molar-refractivity contribution in [3.63, 3.8) is 0 Å². The van der Waals surface area contributed by atoms with Gasteiger partial charge in [-0.3, -0.25) is 0 Å². The van der Waals surface area contributed by atoms with Gasteiger partial charge in [-0.15, -0.1) is 12.4 Å². The molecule has 0 bridgehead atoms. The van der Waals surface area contributed by atoms with Crippen molar-refractivity contribution in [1.29, 1.82) is 0 Å². The summed E-state index contributed by atoms with van der Waals surface area (Å²) in [5.41, 5.74) is 7.29. The molecule has 2 rings (SSSR count). The van der Waals surface area contributed by atoms with Gasteiger partial charge in [-0.25, -0.2) is 0 Å². The van der Waals surface area contributed by atoms with Gasteiger partial charge in [0.1, 0.15) is 0 Å². The fraction of sp³-hybridized carbons (Fsp3) is 0.500. The third-order valence-electron chi connectivity index (χ3n) is 3.18. The average molecular weight is 281 g/mol. The average Bonchev–Trinajstić information content (AvgIpc) is 2.67. The van der Waals surface area contributed by atoms with Crippen LogP contribution in [0.5, 0.6) is 0 Å². The Morgan fingerprint density at radius 3 is 2.06 bits per heavy atom. The van der Waals surface area contributed by atoms with Gasteiger partial charge in [-0.2, -0.15) is 0 Å². The fourth-order valence-electron chi connectivity index (χ4n) is 2.36. The second-order valence-electron chi connectivity index (χ2n) is 4.27. The molecule has 1 aromatic carbocycles. The van der Waals surface area contributed by atoms with Crippen LogP contribution in [0.3, 0.4) is 0 Å². The zero-order chi connectivity index (χ0) is 10.8. The zero-order valence-electron chi connectivity index (χ0n) is 8.96. The lowest BCUT2D eigenvalue weighted by atomic mass is 9.93. The fourth-order valence-corrected chi connectivity index (χ4v) is 2.90. The summed E-state index contributed by atoms with van der Waals surface area (Å²) < 4.78 is 0. The van der Waals surface area contributed by atoms with Crippen LogP contribution >= 0.6 is 35.6 Å². The number of halogens is 3. The molecule has 4 heteroatoms. The number of nitrogens with two attached hydrogens (primary N) is 1. The largest absolute Gasteiger partial charge is 0.324 e. The maximum absolute atomic E-state index is 6.22. The molecule has 1 saturated carbocycles. The molecule has 1 atom stereocenters. The van der Waals surface area contributed by atoms with Gasteiger partial charge in [0.25, 0.3) is 0 Å². The lowest BCUT2D eigenvalue weighted by Gasteiger charge is -2.19. The first-order valence-corrected chi connectivity index (χ1v) is 6.14. The van der Waals surface area contributed by atoms with Gasteiger partial charge in [-0.05, 0) is 42.5 Å². The highest BCUT2D eigenvalue weighted by Gasteiger charge is 2.23. The summed E-state index contributed by atoms with van der Waals surface area (Å²) in [6, 6.07) is 5.68. The van der Waals surface area contributed by atoms with Gasteiger partial charge in [0.05, 0.1) is 0 Å². The molecule has 1 aliphatic rings. The van der Waals surface area contributed by atoms with E-state index in [1.165, 1.54) is 25.7 Å². The molecule has 90 valence electrons. The molecule has 0 saturated heterocycles. The van der Waals surface area contributed by atoms with Crippen molar-refractivity contribution in [2.75, 3.05) is 0 Å². The summed E-state index contributed by atoms with van der Waals surface area (Å²) in [5, 5.41) is 1.34. The Morgan fingerprint density at radius 1 is 1.06 bits per heavy atom. The molecule has 1 aromatic rings. The van der Waals surface area contributed by atoms with Gasteiger partial charge in [0.2, 0.25) is 0 Å². The van der Waals surface area contributed by atoms with Crippen molar-refractivity contribution in [1.82, 2.24) is 0 Å². The second-order valence-corrected chi connectivity index (χ2v) is 5.15. The van der Waals surface area contributed by atoms with Crippen molar-refractivity contribution < 1.29 is 0 Å². The molecule has 2 N–H and O–H groups in total. The first kappa shape index (κ1) is 14.1. The molecule has 0 amide bonds. The second kappa shape index (κ2) is 6.11. The highest BCUT2D eigenvalue weighted by atomic mass is 35.5. The summed E-state index contributed by atoms with van der Waals surface area (Å²) in [6.45, 7) is 0. The molecule has 1 fully saturated rings. The monoisotopic (exact) mass is 279 g/mol. The maximum atomic E-state index is 6.22. The third kappa shape index (κ3) is 3.27. The van der Waals surface area contributed by atoms with E-state index in [-0.39, 0.29) is 18.4 Å². The lowest BCUT2D eigenvalue weighted by Crippen LogP contribution is -2.19. The summed E-state index contributed by atoms with van der Waals surface area (Å²) in [4.78, 5) is 0. The van der Waals surface area contributed by atoms with Crippen molar-refractivity contribution in [3.05, 3.63) is 33.8 Å². The van der Waals surface area contributed by atoms with Crippen LogP contribution < -0.4 is 5.73 Å². The maximum Gasteiger partial charge on any atom is 0.0424 e. The highest BCUT2D eigenvalue weighted by Crippen LogP contribution is 2.35. The molecule has 0 aliphatic heterocycles. The van der Waals surface area contributed by atoms with E-state index in [1.54, 1.807) is 6.07 Å². The Hall–Kier alpha value is 0.0500. The Morgan fingerprint density at radius 2 is 1.56 bits per heavy atom. The van der Waals surface area contributed by atoms with Crippen LogP contribution in [0.4, 0.5) is 0 Å². The van der Waals surface area contributed by atoms with E-state index in [9.17, 15) is 0 Å². The predicted molar refractivity (Wildman–Crippen MR) is 72.6 cm³/mol. The van der Waals surface area contributed by atoms with Crippen molar-refractivity contribution in [2.24, 2.45) is 11.7 Å². The quantitative estimate of drug-likeness (QED) is 0.841. The van der Waals surface area contributed by atoms with Crippen LogP contribution in [0.15, 0.2) is 18.2 Å². The van der Waals surface area contributed by atoms with Crippen LogP contribution in [0.25, 0.3) is 0 Å². The molecule has 1 nitrogen and oxygen atoms in total. The molecule has 0 spiro atoms. The molecular formula is C12H16Cl3N. The molecule has 0 radical (unpaired) electrons. The number of hydrogen-bond donors (Lipinski definition) is 1. The number of benzene rings is 1. The Labute approximate surface area is 113 Å². The standard InChI is InChI=1S/C12H15Cl2N.ClH/c13-10-5-9(6-11(14)7-10)12(15)8-3-1-2-4-8;/h5-8,12H,1-4,15H2;1H/t12-;/m0./s1. The topological polar surface area (TPSA) is 26.0 Å². The van der Waals surface area contributed by atoms with Crippen LogP contribution in [-0.4, -0.2) is 0 Å². The molecular weight excluding hydrogens is 264 g/mol. The van der Waals surface area contributed by atoms with E-state index in [0.717, 1.165) is 5.56 Å². The van der Waals surface area contributed by atoms with Crippen LogP contribution in [0.1, 0.15) is 37.3 Å². The van der Waals surface area contributed by atoms with E-state index in [2.05, 4.69) is 0 Å². The van der Waals surface area contributed by atoms with Gasteiger partial charge in [0.15, 0.2) is 0 Å². The van der Waals surface area contributed by atoms with Gasteiger partial charge in [0, 0.05) is 16.1 Å². The van der Waals surface area contributed by atoms with Crippen molar-refractivity contribution in [2.45, 2.75) is 31.7 Å². The van der Waals surface area contributed by atoms with Crippen molar-refractivity contribution >= 4 is 35.6 Å². The van der Waals surface area contributed by atoms with Crippen molar-refractivity contribution in [3.8, 4) is 0 Å². The Kier molecular flexibility index (Phi) is 5.39. The molecule has 0 heterocycles. The first-order valence-electron chi connectivity index (χ1n) is 5.38. The normalized spacial score (nSPS) is 18.2. The minimum Gasteiger partial charge on any atom is -0.324 e. The Bertz CT molecular complexity index is 328. The smallest absolute Gasteiger partial charge is 0.0424 e. The van der Waals surface area contributed by atoms with Crippen LogP contribution in [-0.2, 0) is 0 Å². The molecule has 0 aromatic heterocycles. The SMILES string of the molecule is Cl.N[C@H](c1cc(Cl)cc(Cl)c1)C1CCCC1. The highest BCUT2D eigenvalue weighted by molar-refractivity contribution is 6.34. The van der Waals surface area contributed by atoms with E-state index in [0.29, 0.717) is 16.0 Å². The number of rotatable bonds is 2. The summed E-state index contributed by atoms with van der Waals surface area (Å²) in [6.07, 6.45) is 5.05. The molecule has 1 aliphatic carbocycles. The van der Waals surface area contributed by atoms with Gasteiger partial charge in [-0.1, -0.05) is 36.0 Å². The van der Waals surface area contributed by atoms with E-state index in [1.807, 2.05) is 12.1 Å². The minimum atomic E-state index is 0. The predicted octanol–water partition coefficient (Wildman–Crippen LogP) is 4.61. The van der Waals surface area contributed by atoms with Gasteiger partial charge < -0.3 is 5.73 Å². The Balaban J connectivity index is 0.00000128. The van der Waals surface area contributed by atoms with E-state index in [4.69, 9.17) is 28.9 Å². The van der Waals surface area contributed by atoms with Crippen LogP contribution in [0, 0.1) is 5.92 Å².